The van der Waals surface area contributed by atoms with E-state index >= 15 is 0 Å². The van der Waals surface area contributed by atoms with Crippen LogP contribution in [0.3, 0.4) is 0 Å². The number of rotatable bonds is 8. The van der Waals surface area contributed by atoms with E-state index in [2.05, 4.69) is 53.8 Å². The monoisotopic (exact) mass is 534 g/mol. The second kappa shape index (κ2) is 10.8. The van der Waals surface area contributed by atoms with Crippen molar-refractivity contribution in [1.82, 2.24) is 29.2 Å². The van der Waals surface area contributed by atoms with Gasteiger partial charge in [0.1, 0.15) is 27.4 Å². The lowest BCUT2D eigenvalue weighted by atomic mass is 9.98. The van der Waals surface area contributed by atoms with Crippen LogP contribution in [0.25, 0.3) is 21.4 Å². The first-order valence-electron chi connectivity index (χ1n) is 13.1. The minimum absolute atomic E-state index is 0.0717. The first-order valence-corrected chi connectivity index (χ1v) is 13.9. The zero-order valence-electron chi connectivity index (χ0n) is 22.6. The predicted molar refractivity (Wildman–Crippen MR) is 149 cm³/mol. The third-order valence-electron chi connectivity index (χ3n) is 7.68. The number of methoxy groups -OCH3 is 1. The van der Waals surface area contributed by atoms with E-state index in [0.717, 1.165) is 63.7 Å². The van der Waals surface area contributed by atoms with Crippen LogP contribution in [0.5, 0.6) is 0 Å². The van der Waals surface area contributed by atoms with Crippen LogP contribution in [0.15, 0.2) is 29.2 Å². The smallest absolute Gasteiger partial charge is 0.252 e. The molecule has 4 aromatic rings. The van der Waals surface area contributed by atoms with Crippen LogP contribution >= 0.6 is 11.3 Å². The van der Waals surface area contributed by atoms with Gasteiger partial charge in [0, 0.05) is 51.4 Å². The van der Waals surface area contributed by atoms with E-state index in [-0.39, 0.29) is 30.2 Å². The van der Waals surface area contributed by atoms with Gasteiger partial charge in [-0.2, -0.15) is 10.4 Å². The van der Waals surface area contributed by atoms with Crippen LogP contribution in [-0.4, -0.2) is 61.5 Å². The van der Waals surface area contributed by atoms with Crippen molar-refractivity contribution < 1.29 is 4.74 Å². The van der Waals surface area contributed by atoms with Crippen molar-refractivity contribution >= 4 is 38.4 Å². The summed E-state index contributed by atoms with van der Waals surface area (Å²) in [7, 11) is 3.43. The number of nitrogens with zero attached hydrogens (tertiary/aromatic N) is 8. The van der Waals surface area contributed by atoms with Crippen molar-refractivity contribution in [3.05, 3.63) is 45.5 Å². The molecule has 0 aliphatic carbocycles. The highest BCUT2D eigenvalue weighted by molar-refractivity contribution is 7.18. The van der Waals surface area contributed by atoms with E-state index in [4.69, 9.17) is 14.8 Å². The normalized spacial score (nSPS) is 19.3. The minimum Gasteiger partial charge on any atom is -0.378 e. The maximum atomic E-state index is 12.9. The van der Waals surface area contributed by atoms with Crippen molar-refractivity contribution in [2.24, 2.45) is 7.05 Å². The molecule has 3 atom stereocenters. The third-order valence-corrected chi connectivity index (χ3v) is 8.61. The van der Waals surface area contributed by atoms with Gasteiger partial charge in [-0.15, -0.1) is 0 Å². The van der Waals surface area contributed by atoms with Gasteiger partial charge >= 0.3 is 0 Å². The maximum absolute atomic E-state index is 12.9. The quantitative estimate of drug-likeness (QED) is 0.336. The Balaban J connectivity index is 1.48. The molecule has 1 aliphatic rings. The van der Waals surface area contributed by atoms with Crippen molar-refractivity contribution in [2.45, 2.75) is 64.9 Å². The number of nitriles is 1. The molecule has 0 N–H and O–H groups in total. The van der Waals surface area contributed by atoms with Crippen molar-refractivity contribution in [3.8, 4) is 6.07 Å². The Morgan fingerprint density at radius 3 is 2.71 bits per heavy atom. The molecular formula is C27H34N8O2S. The molecule has 0 radical (unpaired) electrons. The fourth-order valence-electron chi connectivity index (χ4n) is 5.53. The molecule has 0 amide bonds. The highest BCUT2D eigenvalue weighted by atomic mass is 32.1. The first kappa shape index (κ1) is 26.3. The van der Waals surface area contributed by atoms with Gasteiger partial charge in [-0.3, -0.25) is 14.4 Å². The fourth-order valence-corrected chi connectivity index (χ4v) is 6.44. The van der Waals surface area contributed by atoms with E-state index in [1.54, 1.807) is 47.0 Å². The summed E-state index contributed by atoms with van der Waals surface area (Å²) >= 11 is 1.58. The summed E-state index contributed by atoms with van der Waals surface area (Å²) in [6.07, 6.45) is 3.69. The van der Waals surface area contributed by atoms with E-state index in [0.29, 0.717) is 6.61 Å². The van der Waals surface area contributed by atoms with Gasteiger partial charge in [0.25, 0.3) is 5.56 Å². The summed E-state index contributed by atoms with van der Waals surface area (Å²) < 4.78 is 8.47. The number of ether oxygens (including phenoxy) is 1. The Kier molecular flexibility index (Phi) is 7.47. The molecule has 200 valence electrons. The standard InChI is InChI=1S/C27H34N8O2S/c1-6-18-14-35(22-12-25(36)32(4)23-15-33(11-10-28)31-26(22)23)19(7-2)13-34(18)17(3)20-8-9-21-27(30-20)38-24(29-21)16-37-5/h8-9,12,15,17-19H,6-7,11,13-14,16H2,1-5H3/t17?,18-,19+/m1/s1. The Labute approximate surface area is 226 Å². The molecule has 1 aliphatic heterocycles. The van der Waals surface area contributed by atoms with Crippen LogP contribution in [0.1, 0.15) is 50.4 Å². The Morgan fingerprint density at radius 1 is 1.21 bits per heavy atom. The van der Waals surface area contributed by atoms with Gasteiger partial charge in [0.15, 0.2) is 0 Å². The number of fused-ring (bicyclic) bond motifs is 2. The zero-order valence-corrected chi connectivity index (χ0v) is 23.4. The predicted octanol–water partition coefficient (Wildman–Crippen LogP) is 3.85. The lowest BCUT2D eigenvalue weighted by Gasteiger charge is -2.49. The first-order chi connectivity index (χ1) is 18.4. The van der Waals surface area contributed by atoms with Crippen molar-refractivity contribution in [3.63, 3.8) is 0 Å². The zero-order chi connectivity index (χ0) is 27.0. The van der Waals surface area contributed by atoms with Crippen LogP contribution in [0, 0.1) is 11.3 Å². The topological polar surface area (TPSA) is 105 Å². The molecule has 10 nitrogen and oxygen atoms in total. The second-order valence-electron chi connectivity index (χ2n) is 9.90. The van der Waals surface area contributed by atoms with Crippen LogP contribution in [0.2, 0.25) is 0 Å². The van der Waals surface area contributed by atoms with E-state index < -0.39 is 0 Å². The molecule has 0 saturated carbocycles. The van der Waals surface area contributed by atoms with Gasteiger partial charge in [0.05, 0.1) is 35.8 Å². The molecule has 1 unspecified atom stereocenters. The molecule has 38 heavy (non-hydrogen) atoms. The molecular weight excluding hydrogens is 500 g/mol. The van der Waals surface area contributed by atoms with Gasteiger partial charge < -0.3 is 14.2 Å². The number of aromatic nitrogens is 5. The fraction of sp³-hybridized carbons (Fsp3) is 0.519. The minimum atomic E-state index is -0.0717. The summed E-state index contributed by atoms with van der Waals surface area (Å²) in [5, 5.41) is 14.8. The summed E-state index contributed by atoms with van der Waals surface area (Å²) in [5.74, 6) is 0. The van der Waals surface area contributed by atoms with Crippen LogP contribution in [0.4, 0.5) is 5.69 Å². The average Bonchev–Trinajstić information content (AvgIpc) is 3.53. The van der Waals surface area contributed by atoms with Gasteiger partial charge in [0.2, 0.25) is 0 Å². The van der Waals surface area contributed by atoms with Crippen LogP contribution < -0.4 is 10.5 Å². The summed E-state index contributed by atoms with van der Waals surface area (Å²) in [5.41, 5.74) is 4.24. The Morgan fingerprint density at radius 2 is 2.00 bits per heavy atom. The molecule has 11 heteroatoms. The number of hydrogen-bond donors (Lipinski definition) is 0. The molecule has 1 saturated heterocycles. The number of piperazine rings is 1. The summed E-state index contributed by atoms with van der Waals surface area (Å²) in [6.45, 7) is 8.92. The van der Waals surface area contributed by atoms with E-state index in [1.165, 1.54) is 0 Å². The van der Waals surface area contributed by atoms with Gasteiger partial charge in [-0.25, -0.2) is 9.97 Å². The van der Waals surface area contributed by atoms with Gasteiger partial charge in [-0.1, -0.05) is 25.2 Å². The molecule has 1 fully saturated rings. The Hall–Kier alpha value is -3.33. The lowest BCUT2D eigenvalue weighted by Crippen LogP contribution is -2.58. The maximum Gasteiger partial charge on any atom is 0.252 e. The highest BCUT2D eigenvalue weighted by Gasteiger charge is 2.36. The SMILES string of the molecule is CC[C@H]1CN(C(C)c2ccc3nc(COC)sc3n2)[C@H](CC)CN1c1cc(=O)n(C)c2cn(CC#N)nc12. The van der Waals surface area contributed by atoms with Crippen LogP contribution in [-0.2, 0) is 24.9 Å². The highest BCUT2D eigenvalue weighted by Crippen LogP contribution is 2.34. The van der Waals surface area contributed by atoms with Crippen molar-refractivity contribution in [1.29, 1.82) is 5.26 Å². The number of thiazole rings is 1. The molecule has 0 spiro atoms. The number of anilines is 1. The van der Waals surface area contributed by atoms with E-state index in [9.17, 15) is 10.1 Å². The third kappa shape index (κ3) is 4.68. The number of hydrogen-bond acceptors (Lipinski definition) is 9. The molecule has 5 heterocycles. The largest absolute Gasteiger partial charge is 0.378 e. The molecule has 0 bridgehead atoms. The number of aryl methyl sites for hydroxylation is 1. The van der Waals surface area contributed by atoms with E-state index in [1.807, 2.05) is 0 Å². The lowest BCUT2D eigenvalue weighted by molar-refractivity contribution is 0.0993. The molecule has 0 aromatic carbocycles. The number of pyridine rings is 2. The Bertz CT molecular complexity index is 1550. The van der Waals surface area contributed by atoms with Crippen molar-refractivity contribution in [2.75, 3.05) is 25.1 Å². The average molecular weight is 535 g/mol. The van der Waals surface area contributed by atoms with Gasteiger partial charge in [-0.05, 0) is 31.9 Å². The summed E-state index contributed by atoms with van der Waals surface area (Å²) in [4.78, 5) is 28.4. The molecule has 5 rings (SSSR count). The summed E-state index contributed by atoms with van der Waals surface area (Å²) in [6, 6.07) is 8.62. The second-order valence-corrected chi connectivity index (χ2v) is 11.0. The molecule has 4 aromatic heterocycles.